The quantitative estimate of drug-likeness (QED) is 0.165. The molecule has 1 saturated carbocycles. The van der Waals surface area contributed by atoms with Gasteiger partial charge in [-0.25, -0.2) is 0 Å². The van der Waals surface area contributed by atoms with Gasteiger partial charge < -0.3 is 14.2 Å². The predicted octanol–water partition coefficient (Wildman–Crippen LogP) is 15.5. The minimum absolute atomic E-state index is 0.0196. The molecule has 6 aromatic carbocycles. The van der Waals surface area contributed by atoms with E-state index in [9.17, 15) is 0 Å². The minimum Gasteiger partial charge on any atom is -0.468 e. The van der Waals surface area contributed by atoms with Crippen LogP contribution < -0.4 is 26.4 Å². The zero-order chi connectivity index (χ0) is 46.7. The van der Waals surface area contributed by atoms with Crippen LogP contribution in [0.15, 0.2) is 120 Å². The highest BCUT2D eigenvalue weighted by atomic mass is 16.3. The molecule has 66 heavy (non-hydrogen) atoms. The molecule has 0 atom stereocenters. The van der Waals surface area contributed by atoms with Crippen molar-refractivity contribution in [3.63, 3.8) is 0 Å². The van der Waals surface area contributed by atoms with Gasteiger partial charge in [0.15, 0.2) is 0 Å². The number of hydrogen-bond donors (Lipinski definition) is 0. The molecule has 0 N–H and O–H groups in total. The molecule has 0 unspecified atom stereocenters. The fourth-order valence-electron chi connectivity index (χ4n) is 12.0. The summed E-state index contributed by atoms with van der Waals surface area (Å²) in [6.45, 7) is 33.0. The molecule has 1 fully saturated rings. The van der Waals surface area contributed by atoms with Crippen LogP contribution in [-0.2, 0) is 32.5 Å². The van der Waals surface area contributed by atoms with Crippen LogP contribution in [0.5, 0.6) is 0 Å². The van der Waals surface area contributed by atoms with E-state index in [2.05, 4.69) is 222 Å². The molecule has 3 nitrogen and oxygen atoms in total. The molecule has 5 aliphatic rings. The summed E-state index contributed by atoms with van der Waals surface area (Å²) in [5.74, 6) is 0. The van der Waals surface area contributed by atoms with E-state index < -0.39 is 0 Å². The van der Waals surface area contributed by atoms with Crippen molar-refractivity contribution < 1.29 is 4.42 Å². The molecule has 1 aromatic heterocycles. The number of rotatable bonds is 3. The molecule has 0 amide bonds. The Morgan fingerprint density at radius 2 is 1.00 bits per heavy atom. The number of nitrogens with zero attached hydrogens (tertiary/aromatic N) is 2. The fraction of sp³-hybridized carbons (Fsp3) is 0.387. The van der Waals surface area contributed by atoms with Crippen LogP contribution >= 0.6 is 0 Å². The van der Waals surface area contributed by atoms with Crippen molar-refractivity contribution >= 4 is 68.4 Å². The van der Waals surface area contributed by atoms with Crippen molar-refractivity contribution in [3.05, 3.63) is 149 Å². The van der Waals surface area contributed by atoms with Crippen molar-refractivity contribution in [1.82, 2.24) is 0 Å². The molecule has 336 valence electrons. The molecule has 4 heteroatoms. The van der Waals surface area contributed by atoms with Crippen molar-refractivity contribution in [2.75, 3.05) is 9.80 Å². The molecule has 2 aliphatic heterocycles. The van der Waals surface area contributed by atoms with E-state index in [-0.39, 0.29) is 39.2 Å². The average molecular weight is 869 g/mol. The highest BCUT2D eigenvalue weighted by Crippen LogP contribution is 2.58. The molecule has 7 aromatic rings. The summed E-state index contributed by atoms with van der Waals surface area (Å²) in [6.07, 6.45) is 4.96. The van der Waals surface area contributed by atoms with Crippen LogP contribution in [0.25, 0.3) is 22.1 Å². The van der Waals surface area contributed by atoms with Gasteiger partial charge in [-0.1, -0.05) is 158 Å². The van der Waals surface area contributed by atoms with Crippen molar-refractivity contribution in [1.29, 1.82) is 0 Å². The lowest BCUT2D eigenvalue weighted by Crippen LogP contribution is -2.61. The first-order valence-electron chi connectivity index (χ1n) is 24.8. The molecule has 0 saturated heterocycles. The summed E-state index contributed by atoms with van der Waals surface area (Å²) in [4.78, 5) is 5.22. The number of anilines is 6. The smallest absolute Gasteiger partial charge is 0.297 e. The number of furan rings is 1. The number of fused-ring (bicyclic) bond motifs is 8. The second kappa shape index (κ2) is 14.0. The van der Waals surface area contributed by atoms with E-state index in [0.29, 0.717) is 0 Å². The standard InChI is InChI=1S/C62H69BN2O/c1-57(2,3)39-20-24-43(25-21-39)64-51-34-42(60(10,11)12)35-52-54(51)63(56-55(64)45-36-46-47(37-53(45)66-56)62(14)30-28-61(46,13)29-31-62)48-33-41(59(7,8)9)23-27-50(48)65(52)49-26-22-40(58(4,5)6)32-44(49)38-18-16-15-17-19-38/h15-27,32-37H,28-31H2,1-14H3. The minimum atomic E-state index is -0.135. The number of hydrogen-bond acceptors (Lipinski definition) is 3. The topological polar surface area (TPSA) is 19.6 Å². The van der Waals surface area contributed by atoms with Gasteiger partial charge in [0.05, 0.1) is 17.0 Å². The zero-order valence-electron chi connectivity index (χ0n) is 42.2. The second-order valence-electron chi connectivity index (χ2n) is 25.3. The van der Waals surface area contributed by atoms with E-state index in [1.807, 2.05) is 0 Å². The van der Waals surface area contributed by atoms with Gasteiger partial charge >= 0.3 is 0 Å². The summed E-state index contributed by atoms with van der Waals surface area (Å²) >= 11 is 0. The first-order chi connectivity index (χ1) is 30.9. The Morgan fingerprint density at radius 1 is 0.485 bits per heavy atom. The van der Waals surface area contributed by atoms with Crippen LogP contribution in [0.1, 0.15) is 156 Å². The van der Waals surface area contributed by atoms with Gasteiger partial charge in [0, 0.05) is 33.7 Å². The summed E-state index contributed by atoms with van der Waals surface area (Å²) in [7, 11) is 0. The maximum atomic E-state index is 7.63. The van der Waals surface area contributed by atoms with Crippen LogP contribution in [0.3, 0.4) is 0 Å². The van der Waals surface area contributed by atoms with Gasteiger partial charge in [0.2, 0.25) is 0 Å². The van der Waals surface area contributed by atoms with Crippen LogP contribution in [0.4, 0.5) is 34.1 Å². The SMILES string of the molecule is CC(C)(C)c1ccc(N2c3cc(C(C)(C)C)cc4c3B(c3cc(C(C)(C)C)ccc3N4c3ccc(C(C)(C)C)cc3-c3ccccc3)c3oc4cc5c(cc4c32)C2(C)CCC5(C)CC2)cc1. The molecule has 0 spiro atoms. The van der Waals surface area contributed by atoms with Crippen LogP contribution in [-0.4, -0.2) is 6.71 Å². The maximum absolute atomic E-state index is 7.63. The second-order valence-corrected chi connectivity index (χ2v) is 25.3. The predicted molar refractivity (Wildman–Crippen MR) is 284 cm³/mol. The average Bonchev–Trinajstić information content (AvgIpc) is 3.63. The van der Waals surface area contributed by atoms with Gasteiger partial charge in [-0.2, -0.15) is 0 Å². The Kier molecular flexibility index (Phi) is 9.17. The molecular formula is C62H69BN2O. The Balaban J connectivity index is 1.28. The third kappa shape index (κ3) is 6.51. The first kappa shape index (κ1) is 43.1. The van der Waals surface area contributed by atoms with Crippen molar-refractivity contribution in [3.8, 4) is 11.1 Å². The highest BCUT2D eigenvalue weighted by molar-refractivity contribution is 7.00. The van der Waals surface area contributed by atoms with Gasteiger partial charge in [0.25, 0.3) is 6.71 Å². The van der Waals surface area contributed by atoms with Gasteiger partial charge in [-0.15, -0.1) is 0 Å². The first-order valence-corrected chi connectivity index (χ1v) is 24.8. The van der Waals surface area contributed by atoms with E-state index in [1.165, 1.54) is 115 Å². The summed E-state index contributed by atoms with van der Waals surface area (Å²) in [5.41, 5.74) is 22.8. The molecular weight excluding hydrogens is 800 g/mol. The lowest BCUT2D eigenvalue weighted by atomic mass is 9.35. The van der Waals surface area contributed by atoms with Crippen molar-refractivity contribution in [2.24, 2.45) is 0 Å². The third-order valence-corrected chi connectivity index (χ3v) is 16.5. The molecule has 0 radical (unpaired) electrons. The van der Waals surface area contributed by atoms with Gasteiger partial charge in [-0.3, -0.25) is 0 Å². The Morgan fingerprint density at radius 3 is 1.58 bits per heavy atom. The molecule has 12 rings (SSSR count). The monoisotopic (exact) mass is 869 g/mol. The third-order valence-electron chi connectivity index (χ3n) is 16.5. The van der Waals surface area contributed by atoms with E-state index in [0.717, 1.165) is 16.9 Å². The van der Waals surface area contributed by atoms with E-state index >= 15 is 0 Å². The summed E-state index contributed by atoms with van der Waals surface area (Å²) in [6, 6.07) is 45.2. The fourth-order valence-corrected chi connectivity index (χ4v) is 12.0. The van der Waals surface area contributed by atoms with Gasteiger partial charge in [0.1, 0.15) is 5.58 Å². The molecule has 3 aliphatic carbocycles. The van der Waals surface area contributed by atoms with Crippen LogP contribution in [0.2, 0.25) is 0 Å². The van der Waals surface area contributed by atoms with E-state index in [4.69, 9.17) is 4.42 Å². The largest absolute Gasteiger partial charge is 0.468 e. The molecule has 3 heterocycles. The highest BCUT2D eigenvalue weighted by Gasteiger charge is 2.51. The van der Waals surface area contributed by atoms with Crippen LogP contribution in [0, 0.1) is 0 Å². The summed E-state index contributed by atoms with van der Waals surface area (Å²) < 4.78 is 7.63. The Bertz CT molecular complexity index is 3100. The van der Waals surface area contributed by atoms with E-state index in [1.54, 1.807) is 0 Å². The lowest BCUT2D eigenvalue weighted by molar-refractivity contribution is 0.188. The number of benzene rings is 6. The summed E-state index contributed by atoms with van der Waals surface area (Å²) in [5, 5.41) is 1.23. The van der Waals surface area contributed by atoms with Crippen molar-refractivity contribution in [2.45, 2.75) is 155 Å². The normalized spacial score (nSPS) is 20.1. The van der Waals surface area contributed by atoms with Gasteiger partial charge in [-0.05, 0) is 163 Å². The Labute approximate surface area is 395 Å². The molecule has 2 bridgehead atoms. The lowest BCUT2D eigenvalue weighted by Gasteiger charge is -2.52. The maximum Gasteiger partial charge on any atom is 0.297 e. The zero-order valence-corrected chi connectivity index (χ0v) is 42.2. The Hall–Kier alpha value is -5.48.